The van der Waals surface area contributed by atoms with Crippen molar-refractivity contribution in [1.82, 2.24) is 5.32 Å². The van der Waals surface area contributed by atoms with E-state index < -0.39 is 0 Å². The monoisotopic (exact) mass is 235 g/mol. The third-order valence-electron chi connectivity index (χ3n) is 2.58. The molecule has 1 fully saturated rings. The number of nitrogens with one attached hydrogen (secondary N) is 1. The Balaban J connectivity index is 1.98. The second-order valence-corrected chi connectivity index (χ2v) is 5.15. The summed E-state index contributed by atoms with van der Waals surface area (Å²) in [5.74, 6) is -0.0288. The van der Waals surface area contributed by atoms with Crippen molar-refractivity contribution >= 4 is 22.8 Å². The zero-order chi connectivity index (χ0) is 11.5. The number of β-lactam (4-membered cyclic amide) rings is 1. The lowest BCUT2D eigenvalue weighted by Crippen LogP contribution is -2.57. The molecule has 0 spiro atoms. The standard InChI is InChI=1S/C12H13NO2S/c1-8(14)16-12-10(11(15)13-12)7-9-5-3-2-4-6-9/h2-6,10,12H,7H2,1H3,(H,13,15). The smallest absolute Gasteiger partial charge is 0.227 e. The van der Waals surface area contributed by atoms with Gasteiger partial charge in [-0.2, -0.15) is 0 Å². The molecule has 84 valence electrons. The van der Waals surface area contributed by atoms with Crippen LogP contribution in [0.1, 0.15) is 12.5 Å². The van der Waals surface area contributed by atoms with Crippen molar-refractivity contribution in [2.45, 2.75) is 18.7 Å². The Labute approximate surface area is 98.6 Å². The molecular weight excluding hydrogens is 222 g/mol. The molecule has 0 aliphatic carbocycles. The van der Waals surface area contributed by atoms with Gasteiger partial charge in [-0.25, -0.2) is 0 Å². The van der Waals surface area contributed by atoms with Crippen molar-refractivity contribution in [3.05, 3.63) is 35.9 Å². The molecule has 2 atom stereocenters. The number of benzene rings is 1. The molecule has 3 nitrogen and oxygen atoms in total. The molecule has 1 saturated heterocycles. The SMILES string of the molecule is CC(=O)SC1NC(=O)C1Cc1ccccc1. The molecule has 4 heteroatoms. The lowest BCUT2D eigenvalue weighted by molar-refractivity contribution is -0.132. The molecule has 1 amide bonds. The van der Waals surface area contributed by atoms with Crippen molar-refractivity contribution in [3.63, 3.8) is 0 Å². The van der Waals surface area contributed by atoms with Gasteiger partial charge < -0.3 is 5.32 Å². The van der Waals surface area contributed by atoms with E-state index in [1.54, 1.807) is 0 Å². The molecule has 2 unspecified atom stereocenters. The highest BCUT2D eigenvalue weighted by Gasteiger charge is 2.40. The minimum Gasteiger partial charge on any atom is -0.343 e. The Morgan fingerprint density at radius 2 is 2.06 bits per heavy atom. The van der Waals surface area contributed by atoms with Gasteiger partial charge in [0.2, 0.25) is 5.91 Å². The summed E-state index contributed by atoms with van der Waals surface area (Å²) in [6.45, 7) is 1.52. The number of hydrogen-bond acceptors (Lipinski definition) is 3. The van der Waals surface area contributed by atoms with E-state index >= 15 is 0 Å². The fourth-order valence-electron chi connectivity index (χ4n) is 1.75. The van der Waals surface area contributed by atoms with Crippen LogP contribution in [0, 0.1) is 5.92 Å². The van der Waals surface area contributed by atoms with Crippen molar-refractivity contribution in [1.29, 1.82) is 0 Å². The molecule has 1 N–H and O–H groups in total. The Morgan fingerprint density at radius 1 is 1.38 bits per heavy atom. The van der Waals surface area contributed by atoms with E-state index in [2.05, 4.69) is 5.32 Å². The van der Waals surface area contributed by atoms with Gasteiger partial charge in [-0.3, -0.25) is 9.59 Å². The van der Waals surface area contributed by atoms with Crippen LogP contribution in [0.25, 0.3) is 0 Å². The first kappa shape index (κ1) is 11.2. The highest BCUT2D eigenvalue weighted by atomic mass is 32.2. The van der Waals surface area contributed by atoms with Gasteiger partial charge in [0.1, 0.15) is 0 Å². The van der Waals surface area contributed by atoms with E-state index in [1.165, 1.54) is 18.7 Å². The molecule has 2 rings (SSSR count). The quantitative estimate of drug-likeness (QED) is 0.809. The van der Waals surface area contributed by atoms with E-state index in [1.807, 2.05) is 30.3 Å². The Kier molecular flexibility index (Phi) is 3.29. The average molecular weight is 235 g/mol. The van der Waals surface area contributed by atoms with Crippen LogP contribution in [0.15, 0.2) is 30.3 Å². The molecule has 0 radical (unpaired) electrons. The topological polar surface area (TPSA) is 46.2 Å². The lowest BCUT2D eigenvalue weighted by atomic mass is 9.93. The maximum atomic E-state index is 11.4. The minimum atomic E-state index is -0.0729. The highest BCUT2D eigenvalue weighted by Crippen LogP contribution is 2.29. The van der Waals surface area contributed by atoms with Crippen LogP contribution >= 0.6 is 11.8 Å². The van der Waals surface area contributed by atoms with Crippen LogP contribution in [0.4, 0.5) is 0 Å². The summed E-state index contributed by atoms with van der Waals surface area (Å²) in [6, 6.07) is 9.87. The predicted molar refractivity (Wildman–Crippen MR) is 63.8 cm³/mol. The summed E-state index contributed by atoms with van der Waals surface area (Å²) in [6.07, 6.45) is 0.706. The molecular formula is C12H13NO2S. The van der Waals surface area contributed by atoms with Crippen LogP contribution in [-0.2, 0) is 16.0 Å². The number of rotatable bonds is 3. The summed E-state index contributed by atoms with van der Waals surface area (Å²) < 4.78 is 0. The van der Waals surface area contributed by atoms with E-state index in [4.69, 9.17) is 0 Å². The first-order valence-electron chi connectivity index (χ1n) is 5.18. The highest BCUT2D eigenvalue weighted by molar-refractivity contribution is 8.14. The first-order chi connectivity index (χ1) is 7.66. The van der Waals surface area contributed by atoms with E-state index in [0.717, 1.165) is 5.56 Å². The molecule has 0 saturated carbocycles. The average Bonchev–Trinajstić information content (AvgIpc) is 2.26. The largest absolute Gasteiger partial charge is 0.343 e. The van der Waals surface area contributed by atoms with E-state index in [9.17, 15) is 9.59 Å². The van der Waals surface area contributed by atoms with Crippen LogP contribution in [0.3, 0.4) is 0 Å². The summed E-state index contributed by atoms with van der Waals surface area (Å²) >= 11 is 1.20. The van der Waals surface area contributed by atoms with E-state index in [0.29, 0.717) is 6.42 Å². The maximum absolute atomic E-state index is 11.4. The minimum absolute atomic E-state index is 0.0441. The van der Waals surface area contributed by atoms with Gasteiger partial charge in [-0.05, 0) is 12.0 Å². The van der Waals surface area contributed by atoms with Gasteiger partial charge in [0.15, 0.2) is 5.12 Å². The van der Waals surface area contributed by atoms with Gasteiger partial charge in [0.05, 0.1) is 11.3 Å². The lowest BCUT2D eigenvalue weighted by Gasteiger charge is -2.35. The number of thioether (sulfide) groups is 1. The van der Waals surface area contributed by atoms with Gasteiger partial charge in [0, 0.05) is 6.92 Å². The Morgan fingerprint density at radius 3 is 2.62 bits per heavy atom. The first-order valence-corrected chi connectivity index (χ1v) is 6.06. The molecule has 1 aromatic rings. The zero-order valence-corrected chi connectivity index (χ0v) is 9.79. The molecule has 16 heavy (non-hydrogen) atoms. The van der Waals surface area contributed by atoms with Crippen molar-refractivity contribution < 1.29 is 9.59 Å². The van der Waals surface area contributed by atoms with Crippen molar-refractivity contribution in [3.8, 4) is 0 Å². The molecule has 0 bridgehead atoms. The maximum Gasteiger partial charge on any atom is 0.227 e. The third kappa shape index (κ3) is 2.44. The van der Waals surface area contributed by atoms with Gasteiger partial charge in [-0.15, -0.1) is 0 Å². The van der Waals surface area contributed by atoms with Crippen LogP contribution in [0.2, 0.25) is 0 Å². The van der Waals surface area contributed by atoms with E-state index in [-0.39, 0.29) is 22.3 Å². The number of hydrogen-bond donors (Lipinski definition) is 1. The summed E-state index contributed by atoms with van der Waals surface area (Å²) in [5.41, 5.74) is 1.14. The number of carbonyl (C=O) groups is 2. The zero-order valence-electron chi connectivity index (χ0n) is 8.97. The summed E-state index contributed by atoms with van der Waals surface area (Å²) in [4.78, 5) is 22.4. The number of amides is 1. The molecule has 1 aliphatic heterocycles. The van der Waals surface area contributed by atoms with Crippen LogP contribution in [-0.4, -0.2) is 16.4 Å². The Hall–Kier alpha value is -1.29. The van der Waals surface area contributed by atoms with Crippen LogP contribution in [0.5, 0.6) is 0 Å². The van der Waals surface area contributed by atoms with Crippen molar-refractivity contribution in [2.24, 2.45) is 5.92 Å². The second-order valence-electron chi connectivity index (χ2n) is 3.83. The van der Waals surface area contributed by atoms with Crippen LogP contribution < -0.4 is 5.32 Å². The number of carbonyl (C=O) groups excluding carboxylic acids is 2. The normalized spacial score (nSPS) is 23.4. The predicted octanol–water partition coefficient (Wildman–Crippen LogP) is 1.58. The van der Waals surface area contributed by atoms with Crippen molar-refractivity contribution in [2.75, 3.05) is 0 Å². The third-order valence-corrected chi connectivity index (χ3v) is 3.61. The fraction of sp³-hybridized carbons (Fsp3) is 0.333. The molecule has 1 aromatic carbocycles. The molecule has 1 aliphatic rings. The molecule has 1 heterocycles. The fourth-order valence-corrected chi connectivity index (χ4v) is 2.66. The van der Waals surface area contributed by atoms with Gasteiger partial charge >= 0.3 is 0 Å². The van der Waals surface area contributed by atoms with Gasteiger partial charge in [0.25, 0.3) is 0 Å². The summed E-state index contributed by atoms with van der Waals surface area (Å²) in [5, 5.41) is 2.74. The summed E-state index contributed by atoms with van der Waals surface area (Å²) in [7, 11) is 0. The Bertz CT molecular complexity index is 405. The van der Waals surface area contributed by atoms with Gasteiger partial charge in [-0.1, -0.05) is 42.1 Å². The molecule has 0 aromatic heterocycles. The second kappa shape index (κ2) is 4.70.